The summed E-state index contributed by atoms with van der Waals surface area (Å²) in [6.45, 7) is 1.56. The van der Waals surface area contributed by atoms with Gasteiger partial charge in [-0.3, -0.25) is 19.1 Å². The lowest BCUT2D eigenvalue weighted by Gasteiger charge is -2.23. The summed E-state index contributed by atoms with van der Waals surface area (Å²) in [5.74, 6) is -1.98. The first-order chi connectivity index (χ1) is 13.6. The monoisotopic (exact) mass is 428 g/mol. The molecule has 1 unspecified atom stereocenters. The molecular weight excluding hydrogens is 402 g/mol. The van der Waals surface area contributed by atoms with E-state index in [0.29, 0.717) is 31.9 Å². The average molecular weight is 428 g/mol. The van der Waals surface area contributed by atoms with Crippen LogP contribution in [0.4, 0.5) is 0 Å². The van der Waals surface area contributed by atoms with Crippen molar-refractivity contribution in [2.24, 2.45) is 0 Å². The molecule has 13 heteroatoms. The van der Waals surface area contributed by atoms with E-state index in [9.17, 15) is 23.9 Å². The van der Waals surface area contributed by atoms with E-state index in [1.54, 1.807) is 6.07 Å². The summed E-state index contributed by atoms with van der Waals surface area (Å²) in [6, 6.07) is 3.59. The molecule has 0 aliphatic heterocycles. The second-order valence-corrected chi connectivity index (χ2v) is 7.85. The van der Waals surface area contributed by atoms with E-state index in [0.717, 1.165) is 0 Å². The maximum atomic E-state index is 11.4. The summed E-state index contributed by atoms with van der Waals surface area (Å²) in [6.07, 6.45) is 0.507. The summed E-state index contributed by atoms with van der Waals surface area (Å²) >= 11 is 0. The lowest BCUT2D eigenvalue weighted by atomic mass is 9.98. The van der Waals surface area contributed by atoms with Crippen LogP contribution in [0.1, 0.15) is 12.1 Å². The molecule has 0 saturated carbocycles. The fourth-order valence-corrected chi connectivity index (χ4v) is 3.06. The molecule has 0 aliphatic carbocycles. The zero-order valence-electron chi connectivity index (χ0n) is 15.9. The molecule has 0 aliphatic rings. The minimum atomic E-state index is -4.48. The van der Waals surface area contributed by atoms with Crippen LogP contribution in [-0.2, 0) is 20.7 Å². The van der Waals surface area contributed by atoms with Gasteiger partial charge < -0.3 is 30.6 Å². The number of hydrogen-bond donors (Lipinski definition) is 6. The highest BCUT2D eigenvalue weighted by Gasteiger charge is 2.20. The van der Waals surface area contributed by atoms with Crippen molar-refractivity contribution >= 4 is 32.8 Å². The Balaban J connectivity index is 2.73. The standard InChI is InChI=1S/C16H26BN4O7P/c17-5-4-13(16(24)25)19-7-9-21(8-6-18-10-15(22)23)11-12-2-1-3-14(20-12)29(26,27)28/h1-3,13,18-19H,4-11H2,(H,22,23)(H,24,25)(H2,26,27,28). The zero-order chi connectivity index (χ0) is 21.9. The van der Waals surface area contributed by atoms with Crippen molar-refractivity contribution < 1.29 is 34.2 Å². The SMILES string of the molecule is [B]CCC(NCCN(CCNCC(=O)O)Cc1cccc(P(=O)(O)O)n1)C(=O)O. The number of nitrogens with zero attached hydrogens (tertiary/aromatic N) is 2. The molecule has 29 heavy (non-hydrogen) atoms. The third-order valence-electron chi connectivity index (χ3n) is 3.93. The van der Waals surface area contributed by atoms with Crippen LogP contribution in [0.5, 0.6) is 0 Å². The van der Waals surface area contributed by atoms with Crippen molar-refractivity contribution in [3.05, 3.63) is 23.9 Å². The van der Waals surface area contributed by atoms with Crippen molar-refractivity contribution in [1.29, 1.82) is 0 Å². The molecule has 1 aromatic rings. The largest absolute Gasteiger partial charge is 0.480 e. The molecule has 1 aromatic heterocycles. The van der Waals surface area contributed by atoms with Gasteiger partial charge in [-0.2, -0.15) is 0 Å². The van der Waals surface area contributed by atoms with E-state index in [-0.39, 0.29) is 31.3 Å². The predicted octanol–water partition coefficient (Wildman–Crippen LogP) is -1.62. The first-order valence-electron chi connectivity index (χ1n) is 8.96. The number of carbonyl (C=O) groups is 2. The molecule has 1 rings (SSSR count). The summed E-state index contributed by atoms with van der Waals surface area (Å²) in [4.78, 5) is 46.2. The molecule has 0 aromatic carbocycles. The predicted molar refractivity (Wildman–Crippen MR) is 106 cm³/mol. The maximum Gasteiger partial charge on any atom is 0.374 e. The van der Waals surface area contributed by atoms with Crippen LogP contribution in [-0.4, -0.2) is 88.4 Å². The lowest BCUT2D eigenvalue weighted by molar-refractivity contribution is -0.139. The Morgan fingerprint density at radius 3 is 2.48 bits per heavy atom. The summed E-state index contributed by atoms with van der Waals surface area (Å²) in [5.41, 5.74) is 0.103. The Morgan fingerprint density at radius 2 is 1.90 bits per heavy atom. The third kappa shape index (κ3) is 10.5. The minimum Gasteiger partial charge on any atom is -0.480 e. The van der Waals surface area contributed by atoms with Crippen molar-refractivity contribution in [2.45, 2.75) is 25.3 Å². The Bertz CT molecular complexity index is 718. The van der Waals surface area contributed by atoms with E-state index >= 15 is 0 Å². The number of aliphatic carboxylic acids is 2. The van der Waals surface area contributed by atoms with Gasteiger partial charge in [-0.1, -0.05) is 12.4 Å². The van der Waals surface area contributed by atoms with Crippen molar-refractivity contribution in [1.82, 2.24) is 20.5 Å². The van der Waals surface area contributed by atoms with Gasteiger partial charge in [-0.25, -0.2) is 4.98 Å². The second-order valence-electron chi connectivity index (χ2n) is 6.30. The van der Waals surface area contributed by atoms with Gasteiger partial charge in [0, 0.05) is 32.7 Å². The van der Waals surface area contributed by atoms with Gasteiger partial charge in [0.05, 0.1) is 20.1 Å². The molecule has 11 nitrogen and oxygen atoms in total. The van der Waals surface area contributed by atoms with Crippen LogP contribution in [0.2, 0.25) is 6.32 Å². The molecule has 1 atom stereocenters. The topological polar surface area (TPSA) is 172 Å². The van der Waals surface area contributed by atoms with Gasteiger partial charge >= 0.3 is 19.5 Å². The number of hydrogen-bond acceptors (Lipinski definition) is 7. The fourth-order valence-electron chi connectivity index (χ4n) is 2.53. The van der Waals surface area contributed by atoms with Crippen LogP contribution in [0.15, 0.2) is 18.2 Å². The highest BCUT2D eigenvalue weighted by atomic mass is 31.2. The van der Waals surface area contributed by atoms with Crippen molar-refractivity contribution in [3.8, 4) is 0 Å². The molecule has 160 valence electrons. The smallest absolute Gasteiger partial charge is 0.374 e. The van der Waals surface area contributed by atoms with Crippen LogP contribution in [0.25, 0.3) is 0 Å². The molecule has 0 saturated heterocycles. The van der Waals surface area contributed by atoms with Crippen LogP contribution in [0.3, 0.4) is 0 Å². The normalized spacial score (nSPS) is 12.8. The van der Waals surface area contributed by atoms with Crippen LogP contribution in [0, 0.1) is 0 Å². The second kappa shape index (κ2) is 12.7. The highest BCUT2D eigenvalue weighted by molar-refractivity contribution is 7.60. The van der Waals surface area contributed by atoms with Gasteiger partial charge in [0.15, 0.2) is 5.44 Å². The van der Waals surface area contributed by atoms with E-state index in [2.05, 4.69) is 15.6 Å². The van der Waals surface area contributed by atoms with Gasteiger partial charge in [0.2, 0.25) is 0 Å². The van der Waals surface area contributed by atoms with E-state index < -0.39 is 25.6 Å². The van der Waals surface area contributed by atoms with Crippen molar-refractivity contribution in [3.63, 3.8) is 0 Å². The third-order valence-corrected chi connectivity index (χ3v) is 4.78. The van der Waals surface area contributed by atoms with E-state index in [1.807, 2.05) is 4.90 Å². The Morgan fingerprint density at radius 1 is 1.21 bits per heavy atom. The Kier molecular flexibility index (Phi) is 11.0. The molecule has 0 spiro atoms. The first-order valence-corrected chi connectivity index (χ1v) is 10.6. The molecule has 0 fully saturated rings. The number of nitrogens with one attached hydrogen (secondary N) is 2. The van der Waals surface area contributed by atoms with Gasteiger partial charge in [0.25, 0.3) is 0 Å². The van der Waals surface area contributed by atoms with Gasteiger partial charge in [0.1, 0.15) is 6.04 Å². The summed E-state index contributed by atoms with van der Waals surface area (Å²) < 4.78 is 11.4. The van der Waals surface area contributed by atoms with Gasteiger partial charge in [-0.15, -0.1) is 0 Å². The van der Waals surface area contributed by atoms with Crippen molar-refractivity contribution in [2.75, 3.05) is 32.7 Å². The lowest BCUT2D eigenvalue weighted by Crippen LogP contribution is -2.43. The zero-order valence-corrected chi connectivity index (χ0v) is 16.8. The fraction of sp³-hybridized carbons (Fsp3) is 0.562. The maximum absolute atomic E-state index is 11.4. The molecular formula is C16H26BN4O7P. The number of carboxylic acid groups (broad SMARTS) is 2. The summed E-state index contributed by atoms with van der Waals surface area (Å²) in [5, 5.41) is 23.5. The molecule has 6 N–H and O–H groups in total. The van der Waals surface area contributed by atoms with Crippen LogP contribution < -0.4 is 16.1 Å². The first kappa shape index (κ1) is 25.2. The number of pyridine rings is 1. The molecule has 1 heterocycles. The summed E-state index contributed by atoms with van der Waals surface area (Å²) in [7, 11) is 0.938. The number of rotatable bonds is 15. The minimum absolute atomic E-state index is 0.199. The number of carboxylic acids is 2. The molecule has 2 radical (unpaired) electrons. The highest BCUT2D eigenvalue weighted by Crippen LogP contribution is 2.31. The Labute approximate surface area is 170 Å². The van der Waals surface area contributed by atoms with E-state index in [4.69, 9.17) is 18.1 Å². The molecule has 0 amide bonds. The van der Waals surface area contributed by atoms with Gasteiger partial charge in [-0.05, 0) is 18.6 Å². The quantitative estimate of drug-likeness (QED) is 0.108. The average Bonchev–Trinajstić information content (AvgIpc) is 2.63. The molecule has 0 bridgehead atoms. The van der Waals surface area contributed by atoms with E-state index in [1.165, 1.54) is 12.1 Å². The Hall–Kier alpha value is -1.82. The number of aromatic nitrogens is 1. The van der Waals surface area contributed by atoms with Crippen LogP contribution >= 0.6 is 7.60 Å².